The van der Waals surface area contributed by atoms with Crippen molar-refractivity contribution in [2.45, 2.75) is 25.7 Å². The lowest BCUT2D eigenvalue weighted by Gasteiger charge is -2.26. The van der Waals surface area contributed by atoms with Crippen molar-refractivity contribution in [1.82, 2.24) is 4.90 Å². The predicted molar refractivity (Wildman–Crippen MR) is 54.8 cm³/mol. The molecular weight excluding hydrogens is 202 g/mol. The van der Waals surface area contributed by atoms with Crippen molar-refractivity contribution in [2.24, 2.45) is 0 Å². The van der Waals surface area contributed by atoms with Crippen molar-refractivity contribution < 1.29 is 13.2 Å². The number of sulfone groups is 1. The summed E-state index contributed by atoms with van der Waals surface area (Å²) < 4.78 is 21.7. The minimum atomic E-state index is -3.01. The summed E-state index contributed by atoms with van der Waals surface area (Å²) in [5.41, 5.74) is 0. The van der Waals surface area contributed by atoms with Gasteiger partial charge >= 0.3 is 0 Å². The predicted octanol–water partition coefficient (Wildman–Crippen LogP) is 0.434. The summed E-state index contributed by atoms with van der Waals surface area (Å²) >= 11 is 0. The van der Waals surface area contributed by atoms with Crippen molar-refractivity contribution in [2.75, 3.05) is 25.1 Å². The molecule has 0 aromatic rings. The van der Waals surface area contributed by atoms with Crippen LogP contribution in [0, 0.1) is 0 Å². The summed E-state index contributed by atoms with van der Waals surface area (Å²) in [6.45, 7) is 1.59. The highest BCUT2D eigenvalue weighted by atomic mass is 32.2. The molecule has 0 saturated carbocycles. The van der Waals surface area contributed by atoms with E-state index in [0.717, 1.165) is 32.2 Å². The van der Waals surface area contributed by atoms with Gasteiger partial charge in [0.1, 0.15) is 9.84 Å². The van der Waals surface area contributed by atoms with Crippen LogP contribution in [0.5, 0.6) is 0 Å². The maximum absolute atomic E-state index is 11.5. The molecule has 0 atom stereocenters. The van der Waals surface area contributed by atoms with Gasteiger partial charge < -0.3 is 4.90 Å². The van der Waals surface area contributed by atoms with Crippen LogP contribution in [0.1, 0.15) is 25.7 Å². The van der Waals surface area contributed by atoms with E-state index in [9.17, 15) is 13.2 Å². The van der Waals surface area contributed by atoms with Crippen molar-refractivity contribution in [3.05, 3.63) is 0 Å². The zero-order valence-electron chi connectivity index (χ0n) is 8.53. The molecule has 82 valence electrons. The van der Waals surface area contributed by atoms with Gasteiger partial charge in [0, 0.05) is 25.8 Å². The largest absolute Gasteiger partial charge is 0.343 e. The number of carbonyl (C=O) groups is 1. The van der Waals surface area contributed by atoms with E-state index in [-0.39, 0.29) is 18.1 Å². The van der Waals surface area contributed by atoms with Crippen LogP contribution < -0.4 is 0 Å². The maximum Gasteiger partial charge on any atom is 0.223 e. The van der Waals surface area contributed by atoms with Crippen molar-refractivity contribution in [3.63, 3.8) is 0 Å². The van der Waals surface area contributed by atoms with E-state index in [4.69, 9.17) is 0 Å². The second-order valence-electron chi connectivity index (χ2n) is 3.82. The fraction of sp³-hybridized carbons (Fsp3) is 0.889. The highest BCUT2D eigenvalue weighted by molar-refractivity contribution is 7.90. The standard InChI is InChI=1S/C9H17NO3S/c1-14(12,13)8-5-9(11)10-6-3-2-4-7-10/h2-8H2,1H3. The van der Waals surface area contributed by atoms with E-state index in [0.29, 0.717) is 0 Å². The van der Waals surface area contributed by atoms with E-state index in [2.05, 4.69) is 0 Å². The minimum absolute atomic E-state index is 0.0184. The van der Waals surface area contributed by atoms with Gasteiger partial charge in [0.15, 0.2) is 0 Å². The Kier molecular flexibility index (Phi) is 3.92. The fourth-order valence-electron chi connectivity index (χ4n) is 1.57. The molecule has 1 amide bonds. The number of amides is 1. The molecule has 0 bridgehead atoms. The van der Waals surface area contributed by atoms with Crippen LogP contribution in [0.2, 0.25) is 0 Å². The Hall–Kier alpha value is -0.580. The fourth-order valence-corrected chi connectivity index (χ4v) is 2.12. The third-order valence-electron chi connectivity index (χ3n) is 2.40. The molecule has 0 aliphatic carbocycles. The van der Waals surface area contributed by atoms with Gasteiger partial charge in [-0.2, -0.15) is 0 Å². The van der Waals surface area contributed by atoms with Gasteiger partial charge in [0.2, 0.25) is 5.91 Å². The molecule has 0 spiro atoms. The normalized spacial score (nSPS) is 18.2. The second kappa shape index (κ2) is 4.77. The third kappa shape index (κ3) is 4.09. The Morgan fingerprint density at radius 2 is 1.79 bits per heavy atom. The smallest absolute Gasteiger partial charge is 0.223 e. The number of rotatable bonds is 3. The maximum atomic E-state index is 11.5. The number of piperidine rings is 1. The third-order valence-corrected chi connectivity index (χ3v) is 3.34. The van der Waals surface area contributed by atoms with Crippen molar-refractivity contribution in [1.29, 1.82) is 0 Å². The molecule has 4 nitrogen and oxygen atoms in total. The molecule has 0 radical (unpaired) electrons. The van der Waals surface area contributed by atoms with Crippen LogP contribution in [0.15, 0.2) is 0 Å². The van der Waals surface area contributed by atoms with E-state index >= 15 is 0 Å². The number of hydrogen-bond donors (Lipinski definition) is 0. The van der Waals surface area contributed by atoms with Crippen LogP contribution in [-0.2, 0) is 14.6 Å². The lowest BCUT2D eigenvalue weighted by atomic mass is 10.1. The molecule has 1 rings (SSSR count). The van der Waals surface area contributed by atoms with Crippen LogP contribution in [0.3, 0.4) is 0 Å². The van der Waals surface area contributed by atoms with Crippen molar-refractivity contribution >= 4 is 15.7 Å². The highest BCUT2D eigenvalue weighted by Crippen LogP contribution is 2.10. The average molecular weight is 219 g/mol. The molecular formula is C9H17NO3S. The Morgan fingerprint density at radius 3 is 2.29 bits per heavy atom. The molecule has 1 aliphatic heterocycles. The molecule has 1 heterocycles. The molecule has 0 N–H and O–H groups in total. The first-order chi connectivity index (χ1) is 6.49. The SMILES string of the molecule is CS(=O)(=O)CCC(=O)N1CCCCC1. The highest BCUT2D eigenvalue weighted by Gasteiger charge is 2.17. The Balaban J connectivity index is 2.34. The van der Waals surface area contributed by atoms with Crippen LogP contribution in [0.25, 0.3) is 0 Å². The molecule has 0 aromatic heterocycles. The summed E-state index contributed by atoms with van der Waals surface area (Å²) in [6.07, 6.45) is 4.57. The number of nitrogens with zero attached hydrogens (tertiary/aromatic N) is 1. The lowest BCUT2D eigenvalue weighted by Crippen LogP contribution is -2.36. The first-order valence-corrected chi connectivity index (χ1v) is 7.00. The minimum Gasteiger partial charge on any atom is -0.343 e. The van der Waals surface area contributed by atoms with Gasteiger partial charge in [-0.3, -0.25) is 4.79 Å². The second-order valence-corrected chi connectivity index (χ2v) is 6.08. The van der Waals surface area contributed by atoms with Crippen LogP contribution in [0.4, 0.5) is 0 Å². The first-order valence-electron chi connectivity index (χ1n) is 4.94. The Labute approximate surface area is 85.2 Å². The van der Waals surface area contributed by atoms with Crippen molar-refractivity contribution in [3.8, 4) is 0 Å². The number of likely N-dealkylation sites (tertiary alicyclic amines) is 1. The number of hydrogen-bond acceptors (Lipinski definition) is 3. The monoisotopic (exact) mass is 219 g/mol. The summed E-state index contributed by atoms with van der Waals surface area (Å²) in [5.74, 6) is -0.0439. The first kappa shape index (κ1) is 11.5. The van der Waals surface area contributed by atoms with Gasteiger partial charge in [-0.05, 0) is 19.3 Å². The summed E-state index contributed by atoms with van der Waals surface area (Å²) in [6, 6.07) is 0. The molecule has 1 saturated heterocycles. The van der Waals surface area contributed by atoms with E-state index in [1.54, 1.807) is 4.90 Å². The molecule has 0 unspecified atom stereocenters. The molecule has 14 heavy (non-hydrogen) atoms. The molecule has 1 fully saturated rings. The summed E-state index contributed by atoms with van der Waals surface area (Å²) in [7, 11) is -3.01. The summed E-state index contributed by atoms with van der Waals surface area (Å²) in [4.78, 5) is 13.3. The quantitative estimate of drug-likeness (QED) is 0.692. The summed E-state index contributed by atoms with van der Waals surface area (Å²) in [5, 5.41) is 0. The van der Waals surface area contributed by atoms with E-state index in [1.165, 1.54) is 6.42 Å². The van der Waals surface area contributed by atoms with Gasteiger partial charge in [-0.15, -0.1) is 0 Å². The average Bonchev–Trinajstić information content (AvgIpc) is 2.14. The lowest BCUT2D eigenvalue weighted by molar-refractivity contribution is -0.131. The zero-order valence-corrected chi connectivity index (χ0v) is 9.35. The van der Waals surface area contributed by atoms with Gasteiger partial charge in [0.25, 0.3) is 0 Å². The molecule has 5 heteroatoms. The zero-order chi connectivity index (χ0) is 10.6. The van der Waals surface area contributed by atoms with Gasteiger partial charge in [-0.25, -0.2) is 8.42 Å². The Bertz CT molecular complexity index is 291. The van der Waals surface area contributed by atoms with Gasteiger partial charge in [0.05, 0.1) is 5.75 Å². The topological polar surface area (TPSA) is 54.5 Å². The molecule has 0 aromatic carbocycles. The van der Waals surface area contributed by atoms with E-state index in [1.807, 2.05) is 0 Å². The Morgan fingerprint density at radius 1 is 1.21 bits per heavy atom. The van der Waals surface area contributed by atoms with Gasteiger partial charge in [-0.1, -0.05) is 0 Å². The van der Waals surface area contributed by atoms with Crippen LogP contribution >= 0.6 is 0 Å². The van der Waals surface area contributed by atoms with Crippen LogP contribution in [-0.4, -0.2) is 44.3 Å². The number of carbonyl (C=O) groups excluding carboxylic acids is 1. The molecule has 1 aliphatic rings. The van der Waals surface area contributed by atoms with E-state index < -0.39 is 9.84 Å².